The average molecular weight is 511 g/mol. The van der Waals surface area contributed by atoms with Crippen molar-refractivity contribution in [1.29, 1.82) is 5.41 Å². The summed E-state index contributed by atoms with van der Waals surface area (Å²) in [6.45, 7) is 2.21. The normalized spacial score (nSPS) is 14.3. The zero-order chi connectivity index (χ0) is 23.2. The fourth-order valence-electron chi connectivity index (χ4n) is 2.88. The van der Waals surface area contributed by atoms with Crippen LogP contribution in [0, 0.1) is 5.41 Å². The number of carbonyl (C=O) groups excluding carboxylic acids is 1. The van der Waals surface area contributed by atoms with E-state index in [0.717, 1.165) is 6.92 Å². The Morgan fingerprint density at radius 2 is 1.55 bits per heavy atom. The molecule has 2 aromatic carbocycles. The van der Waals surface area contributed by atoms with Gasteiger partial charge in [0.1, 0.15) is 5.84 Å². The van der Waals surface area contributed by atoms with E-state index in [1.165, 1.54) is 4.31 Å². The first-order chi connectivity index (χ1) is 14.5. The molecule has 1 saturated heterocycles. The van der Waals surface area contributed by atoms with Crippen molar-refractivity contribution in [3.8, 4) is 0 Å². The topological polar surface area (TPSA) is 145 Å². The minimum Gasteiger partial charge on any atom is -0.481 e. The standard InChI is InChI=1S/C18H19BrN4O3S.C2H4O2/c19-15-2-1-3-16(12-15)27(25,26)23-10-8-22(9-11-23)18(24)14-6-4-13(5-7-14)17(20)21;1-2(3)4/h1-7,12H,8-11H2,(H3,20,21);1H3,(H,3,4). The van der Waals surface area contributed by atoms with Crippen LogP contribution in [0.25, 0.3) is 0 Å². The lowest BCUT2D eigenvalue weighted by Gasteiger charge is -2.34. The van der Waals surface area contributed by atoms with E-state index < -0.39 is 16.0 Å². The number of nitrogens with two attached hydrogens (primary N) is 1. The summed E-state index contributed by atoms with van der Waals surface area (Å²) in [6.07, 6.45) is 0. The molecule has 4 N–H and O–H groups in total. The van der Waals surface area contributed by atoms with Crippen LogP contribution < -0.4 is 5.73 Å². The zero-order valence-corrected chi connectivity index (χ0v) is 19.2. The minimum absolute atomic E-state index is 0.0552. The highest BCUT2D eigenvalue weighted by molar-refractivity contribution is 9.10. The van der Waals surface area contributed by atoms with Gasteiger partial charge in [-0.2, -0.15) is 4.31 Å². The van der Waals surface area contributed by atoms with Crippen molar-refractivity contribution >= 4 is 43.7 Å². The lowest BCUT2D eigenvalue weighted by atomic mass is 10.1. The highest BCUT2D eigenvalue weighted by atomic mass is 79.9. The summed E-state index contributed by atoms with van der Waals surface area (Å²) < 4.78 is 27.6. The van der Waals surface area contributed by atoms with E-state index in [1.54, 1.807) is 53.4 Å². The van der Waals surface area contributed by atoms with E-state index in [-0.39, 0.29) is 29.7 Å². The first-order valence-corrected chi connectivity index (χ1v) is 11.4. The Balaban J connectivity index is 0.000000785. The highest BCUT2D eigenvalue weighted by Gasteiger charge is 2.30. The summed E-state index contributed by atoms with van der Waals surface area (Å²) in [5, 5.41) is 14.8. The number of hydrogen-bond donors (Lipinski definition) is 3. The molecule has 0 unspecified atom stereocenters. The Morgan fingerprint density at radius 3 is 2.03 bits per heavy atom. The third-order valence-corrected chi connectivity index (χ3v) is 6.79. The number of piperazine rings is 1. The largest absolute Gasteiger partial charge is 0.481 e. The van der Waals surface area contributed by atoms with E-state index in [4.69, 9.17) is 21.0 Å². The second kappa shape index (κ2) is 10.5. The lowest BCUT2D eigenvalue weighted by Crippen LogP contribution is -2.50. The van der Waals surface area contributed by atoms with Crippen LogP contribution in [-0.2, 0) is 14.8 Å². The molecule has 1 aliphatic rings. The van der Waals surface area contributed by atoms with Crippen LogP contribution in [0.2, 0.25) is 0 Å². The minimum atomic E-state index is -3.59. The van der Waals surface area contributed by atoms with E-state index in [2.05, 4.69) is 15.9 Å². The number of amidine groups is 1. The van der Waals surface area contributed by atoms with Gasteiger partial charge < -0.3 is 15.7 Å². The molecule has 0 spiro atoms. The maximum atomic E-state index is 12.8. The zero-order valence-electron chi connectivity index (χ0n) is 16.8. The molecule has 1 aliphatic heterocycles. The number of nitrogens with zero attached hydrogens (tertiary/aromatic N) is 2. The first-order valence-electron chi connectivity index (χ1n) is 9.21. The van der Waals surface area contributed by atoms with Crippen molar-refractivity contribution in [3.05, 3.63) is 64.1 Å². The lowest BCUT2D eigenvalue weighted by molar-refractivity contribution is -0.134. The molecule has 0 radical (unpaired) electrons. The summed E-state index contributed by atoms with van der Waals surface area (Å²) in [5.41, 5.74) is 6.46. The maximum absolute atomic E-state index is 12.8. The summed E-state index contributed by atoms with van der Waals surface area (Å²) >= 11 is 3.29. The highest BCUT2D eigenvalue weighted by Crippen LogP contribution is 2.21. The Labute approximate surface area is 189 Å². The van der Waals surface area contributed by atoms with Crippen molar-refractivity contribution < 1.29 is 23.1 Å². The number of carboxylic acid groups (broad SMARTS) is 1. The van der Waals surface area contributed by atoms with Crippen LogP contribution in [-0.4, -0.2) is 66.6 Å². The molecule has 0 bridgehead atoms. The summed E-state index contributed by atoms with van der Waals surface area (Å²) in [6, 6.07) is 13.1. The number of sulfonamides is 1. The molecule has 1 amide bonds. The van der Waals surface area contributed by atoms with Crippen LogP contribution in [0.4, 0.5) is 0 Å². The molecular formula is C20H23BrN4O5S. The summed E-state index contributed by atoms with van der Waals surface area (Å²) in [4.78, 5) is 23.5. The van der Waals surface area contributed by atoms with Gasteiger partial charge in [0.05, 0.1) is 4.90 Å². The van der Waals surface area contributed by atoms with E-state index in [9.17, 15) is 13.2 Å². The summed E-state index contributed by atoms with van der Waals surface area (Å²) in [5.74, 6) is -1.05. The van der Waals surface area contributed by atoms with E-state index in [0.29, 0.717) is 28.7 Å². The second-order valence-electron chi connectivity index (χ2n) is 6.66. The molecule has 1 fully saturated rings. The van der Waals surface area contributed by atoms with Gasteiger partial charge >= 0.3 is 0 Å². The van der Waals surface area contributed by atoms with Gasteiger partial charge in [-0.25, -0.2) is 8.42 Å². The second-order valence-corrected chi connectivity index (χ2v) is 9.52. The van der Waals surface area contributed by atoms with Gasteiger partial charge in [-0.05, 0) is 30.3 Å². The summed E-state index contributed by atoms with van der Waals surface area (Å²) in [7, 11) is -3.59. The monoisotopic (exact) mass is 510 g/mol. The molecule has 1 heterocycles. The van der Waals surface area contributed by atoms with Crippen LogP contribution in [0.1, 0.15) is 22.8 Å². The SMILES string of the molecule is CC(=O)O.N=C(N)c1ccc(C(=O)N2CCN(S(=O)(=O)c3cccc(Br)c3)CC2)cc1. The van der Waals surface area contributed by atoms with Gasteiger partial charge in [0.2, 0.25) is 10.0 Å². The van der Waals surface area contributed by atoms with E-state index >= 15 is 0 Å². The van der Waals surface area contributed by atoms with Gasteiger partial charge in [0.15, 0.2) is 0 Å². The molecule has 0 saturated carbocycles. The Morgan fingerprint density at radius 1 is 1.03 bits per heavy atom. The van der Waals surface area contributed by atoms with Gasteiger partial charge in [-0.3, -0.25) is 15.0 Å². The van der Waals surface area contributed by atoms with Crippen molar-refractivity contribution in [3.63, 3.8) is 0 Å². The molecule has 166 valence electrons. The number of carboxylic acids is 1. The average Bonchev–Trinajstić information content (AvgIpc) is 2.73. The number of aliphatic carboxylic acids is 1. The van der Waals surface area contributed by atoms with Crippen LogP contribution in [0.15, 0.2) is 57.9 Å². The predicted molar refractivity (Wildman–Crippen MR) is 120 cm³/mol. The molecule has 2 aromatic rings. The van der Waals surface area contributed by atoms with Crippen LogP contribution in [0.3, 0.4) is 0 Å². The van der Waals surface area contributed by atoms with Gasteiger partial charge in [-0.1, -0.05) is 34.1 Å². The van der Waals surface area contributed by atoms with Gasteiger partial charge in [0, 0.05) is 48.7 Å². The number of nitrogen functional groups attached to an aromatic ring is 1. The number of benzene rings is 2. The van der Waals surface area contributed by atoms with Gasteiger partial charge in [0.25, 0.3) is 11.9 Å². The van der Waals surface area contributed by atoms with Crippen molar-refractivity contribution in [2.24, 2.45) is 5.73 Å². The van der Waals surface area contributed by atoms with E-state index in [1.807, 2.05) is 0 Å². The van der Waals surface area contributed by atoms with Crippen molar-refractivity contribution in [1.82, 2.24) is 9.21 Å². The third kappa shape index (κ3) is 6.61. The van der Waals surface area contributed by atoms with Crippen LogP contribution >= 0.6 is 15.9 Å². The molecule has 0 aliphatic carbocycles. The predicted octanol–water partition coefficient (Wildman–Crippen LogP) is 1.97. The fourth-order valence-corrected chi connectivity index (χ4v) is 4.90. The quantitative estimate of drug-likeness (QED) is 0.423. The molecule has 3 rings (SSSR count). The molecule has 0 atom stereocenters. The number of hydrogen-bond acceptors (Lipinski definition) is 5. The molecule has 31 heavy (non-hydrogen) atoms. The number of carbonyl (C=O) groups is 2. The van der Waals surface area contributed by atoms with Crippen molar-refractivity contribution in [2.75, 3.05) is 26.2 Å². The number of halogens is 1. The van der Waals surface area contributed by atoms with Crippen molar-refractivity contribution in [2.45, 2.75) is 11.8 Å². The number of nitrogens with one attached hydrogen (secondary N) is 1. The number of rotatable bonds is 4. The molecule has 11 heteroatoms. The Bertz CT molecular complexity index is 1060. The maximum Gasteiger partial charge on any atom is 0.300 e. The van der Waals surface area contributed by atoms with Crippen LogP contribution in [0.5, 0.6) is 0 Å². The molecule has 9 nitrogen and oxygen atoms in total. The third-order valence-electron chi connectivity index (χ3n) is 4.40. The first kappa shape index (κ1) is 24.5. The van der Waals surface area contributed by atoms with Gasteiger partial charge in [-0.15, -0.1) is 0 Å². The Kier molecular flexibility index (Phi) is 8.31. The Hall–Kier alpha value is -2.76. The smallest absolute Gasteiger partial charge is 0.300 e. The molecular weight excluding hydrogens is 488 g/mol. The number of amides is 1. The fraction of sp³-hybridized carbons (Fsp3) is 0.250. The molecule has 0 aromatic heterocycles.